The average molecular weight is 289 g/mol. The number of hydrogen-bond acceptors (Lipinski definition) is 3. The highest BCUT2D eigenvalue weighted by atomic mass is 35.5. The molecule has 1 aromatic carbocycles. The highest BCUT2D eigenvalue weighted by molar-refractivity contribution is 6.33. The van der Waals surface area contributed by atoms with Gasteiger partial charge in [0.25, 0.3) is 5.56 Å². The van der Waals surface area contributed by atoms with E-state index in [1.54, 1.807) is 13.2 Å². The van der Waals surface area contributed by atoms with Gasteiger partial charge < -0.3 is 9.88 Å². The zero-order valence-electron chi connectivity index (χ0n) is 11.1. The van der Waals surface area contributed by atoms with Crippen LogP contribution in [-0.4, -0.2) is 14.3 Å². The molecule has 6 heteroatoms. The molecule has 0 atom stereocenters. The van der Waals surface area contributed by atoms with Crippen molar-refractivity contribution in [2.45, 2.75) is 0 Å². The fourth-order valence-electron chi connectivity index (χ4n) is 2.11. The number of rotatable bonds is 2. The van der Waals surface area contributed by atoms with Gasteiger partial charge in [-0.15, -0.1) is 0 Å². The number of halogens is 1. The van der Waals surface area contributed by atoms with Crippen LogP contribution in [0.1, 0.15) is 0 Å². The van der Waals surface area contributed by atoms with E-state index in [0.29, 0.717) is 5.69 Å². The zero-order valence-corrected chi connectivity index (χ0v) is 11.8. The molecule has 0 spiro atoms. The number of nitrogens with zero attached hydrogens (tertiary/aromatic N) is 3. The van der Waals surface area contributed by atoms with E-state index in [9.17, 15) is 4.79 Å². The SMILES string of the molecule is Cn1ncc(Nc2ccc3c(ccn3C)c2)c(Cl)c1=O. The van der Waals surface area contributed by atoms with Gasteiger partial charge in [-0.05, 0) is 24.3 Å². The van der Waals surface area contributed by atoms with Crippen molar-refractivity contribution in [2.24, 2.45) is 14.1 Å². The van der Waals surface area contributed by atoms with Crippen molar-refractivity contribution in [3.8, 4) is 0 Å². The van der Waals surface area contributed by atoms with Crippen LogP contribution in [0.4, 0.5) is 11.4 Å². The average Bonchev–Trinajstić information content (AvgIpc) is 2.81. The molecule has 5 nitrogen and oxygen atoms in total. The van der Waals surface area contributed by atoms with Crippen LogP contribution in [0.15, 0.2) is 41.5 Å². The summed E-state index contributed by atoms with van der Waals surface area (Å²) in [5.74, 6) is 0. The third kappa shape index (κ3) is 2.06. The number of nitrogens with one attached hydrogen (secondary N) is 1. The molecule has 0 unspecified atom stereocenters. The van der Waals surface area contributed by atoms with E-state index >= 15 is 0 Å². The maximum Gasteiger partial charge on any atom is 0.287 e. The second-order valence-corrected chi connectivity index (χ2v) is 5.00. The molecule has 0 amide bonds. The van der Waals surface area contributed by atoms with Gasteiger partial charge in [0.2, 0.25) is 0 Å². The molecule has 3 rings (SSSR count). The van der Waals surface area contributed by atoms with Gasteiger partial charge in [-0.25, -0.2) is 4.68 Å². The normalized spacial score (nSPS) is 10.9. The smallest absolute Gasteiger partial charge is 0.287 e. The molecule has 0 radical (unpaired) electrons. The molecule has 2 heterocycles. The predicted molar refractivity (Wildman–Crippen MR) is 80.7 cm³/mol. The first-order chi connectivity index (χ1) is 9.56. The number of aromatic nitrogens is 3. The Morgan fingerprint density at radius 1 is 1.25 bits per heavy atom. The molecular formula is C14H13ClN4O. The number of hydrogen-bond donors (Lipinski definition) is 1. The second-order valence-electron chi connectivity index (χ2n) is 4.63. The molecule has 20 heavy (non-hydrogen) atoms. The van der Waals surface area contributed by atoms with E-state index in [2.05, 4.69) is 10.4 Å². The third-order valence-electron chi connectivity index (χ3n) is 3.24. The molecule has 0 saturated heterocycles. The second kappa shape index (κ2) is 4.68. The van der Waals surface area contributed by atoms with Crippen molar-refractivity contribution < 1.29 is 0 Å². The summed E-state index contributed by atoms with van der Waals surface area (Å²) >= 11 is 6.03. The summed E-state index contributed by atoms with van der Waals surface area (Å²) < 4.78 is 3.25. The summed E-state index contributed by atoms with van der Waals surface area (Å²) in [6, 6.07) is 7.99. The third-order valence-corrected chi connectivity index (χ3v) is 3.61. The van der Waals surface area contributed by atoms with Crippen LogP contribution in [0.5, 0.6) is 0 Å². The van der Waals surface area contributed by atoms with Crippen LogP contribution in [0.25, 0.3) is 10.9 Å². The van der Waals surface area contributed by atoms with E-state index in [1.165, 1.54) is 4.68 Å². The minimum Gasteiger partial charge on any atom is -0.353 e. The first-order valence-corrected chi connectivity index (χ1v) is 6.48. The predicted octanol–water partition coefficient (Wildman–Crippen LogP) is 2.67. The van der Waals surface area contributed by atoms with Crippen LogP contribution in [0.3, 0.4) is 0 Å². The highest BCUT2D eigenvalue weighted by Gasteiger charge is 2.08. The van der Waals surface area contributed by atoms with E-state index in [4.69, 9.17) is 11.6 Å². The summed E-state index contributed by atoms with van der Waals surface area (Å²) in [7, 11) is 3.56. The lowest BCUT2D eigenvalue weighted by Crippen LogP contribution is -2.20. The molecule has 0 aliphatic carbocycles. The Labute approximate surface area is 120 Å². The Balaban J connectivity index is 2.01. The standard InChI is InChI=1S/C14H13ClN4O/c1-18-6-5-9-7-10(3-4-12(9)18)17-11-8-16-19(2)14(20)13(11)15/h3-8,17H,1-2H3. The molecule has 0 aliphatic rings. The van der Waals surface area contributed by atoms with E-state index in [0.717, 1.165) is 16.6 Å². The Bertz CT molecular complexity index is 850. The number of anilines is 2. The van der Waals surface area contributed by atoms with E-state index in [1.807, 2.05) is 42.1 Å². The van der Waals surface area contributed by atoms with Crippen LogP contribution in [-0.2, 0) is 14.1 Å². The lowest BCUT2D eigenvalue weighted by Gasteiger charge is -2.09. The van der Waals surface area contributed by atoms with E-state index < -0.39 is 0 Å². The van der Waals surface area contributed by atoms with Crippen LogP contribution in [0.2, 0.25) is 5.02 Å². The van der Waals surface area contributed by atoms with Crippen molar-refractivity contribution >= 4 is 33.9 Å². The van der Waals surface area contributed by atoms with Crippen molar-refractivity contribution in [3.63, 3.8) is 0 Å². The summed E-state index contributed by atoms with van der Waals surface area (Å²) in [5, 5.41) is 8.33. The first-order valence-electron chi connectivity index (χ1n) is 6.10. The summed E-state index contributed by atoms with van der Waals surface area (Å²) in [6.45, 7) is 0. The van der Waals surface area contributed by atoms with Crippen LogP contribution in [0, 0.1) is 0 Å². The van der Waals surface area contributed by atoms with Gasteiger partial charge >= 0.3 is 0 Å². The van der Waals surface area contributed by atoms with Crippen molar-refractivity contribution in [1.82, 2.24) is 14.3 Å². The molecule has 1 N–H and O–H groups in total. The Hall–Kier alpha value is -2.27. The lowest BCUT2D eigenvalue weighted by molar-refractivity contribution is 0.709. The molecular weight excluding hydrogens is 276 g/mol. The molecule has 0 aliphatic heterocycles. The van der Waals surface area contributed by atoms with Crippen molar-refractivity contribution in [1.29, 1.82) is 0 Å². The molecule has 2 aromatic heterocycles. The summed E-state index contributed by atoms with van der Waals surface area (Å²) in [6.07, 6.45) is 3.54. The van der Waals surface area contributed by atoms with Gasteiger partial charge in [0, 0.05) is 36.9 Å². The van der Waals surface area contributed by atoms with Crippen LogP contribution >= 0.6 is 11.6 Å². The fourth-order valence-corrected chi connectivity index (χ4v) is 2.33. The van der Waals surface area contributed by atoms with Crippen molar-refractivity contribution in [2.75, 3.05) is 5.32 Å². The molecule has 102 valence electrons. The molecule has 0 bridgehead atoms. The van der Waals surface area contributed by atoms with Gasteiger partial charge in [0.05, 0.1) is 11.9 Å². The topological polar surface area (TPSA) is 51.9 Å². The number of aryl methyl sites for hydroxylation is 2. The minimum absolute atomic E-state index is 0.135. The van der Waals surface area contributed by atoms with Gasteiger partial charge in [0.1, 0.15) is 5.02 Å². The maximum absolute atomic E-state index is 11.7. The first kappa shape index (κ1) is 12.7. The number of benzene rings is 1. The monoisotopic (exact) mass is 288 g/mol. The Morgan fingerprint density at radius 3 is 2.85 bits per heavy atom. The van der Waals surface area contributed by atoms with Gasteiger partial charge in [-0.1, -0.05) is 11.6 Å². The molecule has 0 fully saturated rings. The Morgan fingerprint density at radius 2 is 2.05 bits per heavy atom. The summed E-state index contributed by atoms with van der Waals surface area (Å²) in [5.41, 5.74) is 2.19. The largest absolute Gasteiger partial charge is 0.353 e. The maximum atomic E-state index is 11.7. The minimum atomic E-state index is -0.322. The molecule has 3 aromatic rings. The lowest BCUT2D eigenvalue weighted by atomic mass is 10.2. The summed E-state index contributed by atoms with van der Waals surface area (Å²) in [4.78, 5) is 11.7. The van der Waals surface area contributed by atoms with Crippen molar-refractivity contribution in [3.05, 3.63) is 52.0 Å². The zero-order chi connectivity index (χ0) is 14.3. The number of fused-ring (bicyclic) bond motifs is 1. The van der Waals surface area contributed by atoms with Gasteiger partial charge in [0.15, 0.2) is 0 Å². The highest BCUT2D eigenvalue weighted by Crippen LogP contribution is 2.24. The van der Waals surface area contributed by atoms with Crippen LogP contribution < -0.4 is 10.9 Å². The van der Waals surface area contributed by atoms with Gasteiger partial charge in [-0.2, -0.15) is 5.10 Å². The Kier molecular flexibility index (Phi) is 2.99. The fraction of sp³-hybridized carbons (Fsp3) is 0.143. The molecule has 0 saturated carbocycles. The van der Waals surface area contributed by atoms with Gasteiger partial charge in [-0.3, -0.25) is 4.79 Å². The van der Waals surface area contributed by atoms with E-state index in [-0.39, 0.29) is 10.6 Å². The quantitative estimate of drug-likeness (QED) is 0.789.